The summed E-state index contributed by atoms with van der Waals surface area (Å²) in [4.78, 5) is 0. The van der Waals surface area contributed by atoms with Crippen LogP contribution in [0.5, 0.6) is 5.75 Å². The fourth-order valence-electron chi connectivity index (χ4n) is 5.78. The van der Waals surface area contributed by atoms with Crippen molar-refractivity contribution in [2.24, 2.45) is 0 Å². The number of aromatic hydroxyl groups is 1. The highest BCUT2D eigenvalue weighted by molar-refractivity contribution is 14.1. The lowest BCUT2D eigenvalue weighted by Crippen LogP contribution is -1.98. The maximum atomic E-state index is 11.5. The van der Waals surface area contributed by atoms with E-state index in [0.29, 0.717) is 5.75 Å². The number of furan rings is 1. The lowest BCUT2D eigenvalue weighted by molar-refractivity contribution is 0.472. The number of fused-ring (bicyclic) bond motifs is 5. The third-order valence-electron chi connectivity index (χ3n) is 7.65. The Morgan fingerprint density at radius 2 is 1.05 bits per heavy atom. The molecule has 0 atom stereocenters. The summed E-state index contributed by atoms with van der Waals surface area (Å²) in [6, 6.07) is 31.9. The van der Waals surface area contributed by atoms with E-state index in [4.69, 9.17) is 4.42 Å². The highest BCUT2D eigenvalue weighted by Gasteiger charge is 2.24. The highest BCUT2D eigenvalue weighted by Crippen LogP contribution is 2.49. The van der Waals surface area contributed by atoms with E-state index < -0.39 is 0 Å². The Kier molecular flexibility index (Phi) is 5.67. The van der Waals surface area contributed by atoms with Crippen LogP contribution in [0.3, 0.4) is 0 Å². The molecule has 38 heavy (non-hydrogen) atoms. The fraction of sp³-hybridized carbons (Fsp3) is 0.0588. The van der Waals surface area contributed by atoms with Crippen molar-refractivity contribution >= 4 is 88.7 Å². The van der Waals surface area contributed by atoms with E-state index >= 15 is 0 Å². The number of hydrogen-bond acceptors (Lipinski definition) is 2. The quantitative estimate of drug-likeness (QED) is 0.143. The van der Waals surface area contributed by atoms with E-state index in [1.54, 1.807) is 0 Å². The van der Waals surface area contributed by atoms with Gasteiger partial charge in [0.15, 0.2) is 0 Å². The maximum absolute atomic E-state index is 11.5. The van der Waals surface area contributed by atoms with Crippen LogP contribution in [-0.2, 0) is 0 Å². The first kappa shape index (κ1) is 24.0. The number of benzene rings is 6. The molecule has 6 aromatic carbocycles. The summed E-state index contributed by atoms with van der Waals surface area (Å²) in [5.74, 6) is 0.360. The Labute approximate surface area is 247 Å². The Balaban J connectivity index is 1.64. The molecule has 2 nitrogen and oxygen atoms in total. The third kappa shape index (κ3) is 3.42. The second-order valence-electron chi connectivity index (χ2n) is 9.75. The molecule has 0 fully saturated rings. The van der Waals surface area contributed by atoms with Crippen LogP contribution in [0.4, 0.5) is 0 Å². The molecule has 184 valence electrons. The molecule has 0 amide bonds. The summed E-state index contributed by atoms with van der Waals surface area (Å²) < 4.78 is 8.32. The molecular weight excluding hydrogens is 694 g/mol. The molecule has 0 unspecified atom stereocenters. The molecule has 1 N–H and O–H groups in total. The number of rotatable bonds is 2. The normalized spacial score (nSPS) is 11.8. The topological polar surface area (TPSA) is 33.4 Å². The standard InChI is InChI=1S/C34H22I2O2/c1-18-32(35)19(2)34(37)31(33(18)36)30-24-12-5-3-10-22(24)29(23-11-4-6-13-25(23)30)20-15-16-28-26(17-20)21-9-7-8-14-27(21)38-28/h3-17,37H,1-2H3. The molecule has 0 aliphatic rings. The third-order valence-corrected chi connectivity index (χ3v) is 10.6. The molecule has 0 aliphatic heterocycles. The van der Waals surface area contributed by atoms with Crippen LogP contribution in [0.25, 0.3) is 65.7 Å². The van der Waals surface area contributed by atoms with E-state index in [0.717, 1.165) is 72.9 Å². The minimum absolute atomic E-state index is 0.360. The second kappa shape index (κ2) is 8.99. The van der Waals surface area contributed by atoms with Gasteiger partial charge in [-0.1, -0.05) is 72.8 Å². The summed E-state index contributed by atoms with van der Waals surface area (Å²) in [6.45, 7) is 4.15. The van der Waals surface area contributed by atoms with Crippen molar-refractivity contribution in [1.82, 2.24) is 0 Å². The van der Waals surface area contributed by atoms with Crippen molar-refractivity contribution in [2.45, 2.75) is 13.8 Å². The lowest BCUT2D eigenvalue weighted by atomic mass is 9.85. The fourth-order valence-corrected chi connectivity index (χ4v) is 7.61. The molecule has 4 heteroatoms. The summed E-state index contributed by atoms with van der Waals surface area (Å²) in [5.41, 5.74) is 8.26. The monoisotopic (exact) mass is 716 g/mol. The molecule has 0 radical (unpaired) electrons. The van der Waals surface area contributed by atoms with Gasteiger partial charge in [-0.3, -0.25) is 0 Å². The van der Waals surface area contributed by atoms with Crippen molar-refractivity contribution in [3.8, 4) is 28.0 Å². The molecule has 0 bridgehead atoms. The molecule has 7 aromatic rings. The predicted octanol–water partition coefficient (Wildman–Crippen LogP) is 10.8. The van der Waals surface area contributed by atoms with E-state index in [1.807, 2.05) is 19.1 Å². The van der Waals surface area contributed by atoms with Crippen molar-refractivity contribution < 1.29 is 9.52 Å². The average molecular weight is 716 g/mol. The predicted molar refractivity (Wildman–Crippen MR) is 176 cm³/mol. The van der Waals surface area contributed by atoms with Crippen LogP contribution >= 0.6 is 45.2 Å². The first-order chi connectivity index (χ1) is 18.5. The van der Waals surface area contributed by atoms with E-state index in [9.17, 15) is 5.11 Å². The Morgan fingerprint density at radius 1 is 0.526 bits per heavy atom. The zero-order chi connectivity index (χ0) is 26.1. The molecule has 0 saturated heterocycles. The molecule has 0 saturated carbocycles. The van der Waals surface area contributed by atoms with Crippen LogP contribution in [0.15, 0.2) is 95.4 Å². The Hall–Kier alpha value is -3.10. The first-order valence-corrected chi connectivity index (χ1v) is 14.6. The highest BCUT2D eigenvalue weighted by atomic mass is 127. The summed E-state index contributed by atoms with van der Waals surface area (Å²) in [6.07, 6.45) is 0. The lowest BCUT2D eigenvalue weighted by Gasteiger charge is -2.21. The summed E-state index contributed by atoms with van der Waals surface area (Å²) in [5, 5.41) is 18.3. The van der Waals surface area contributed by atoms with Gasteiger partial charge in [-0.25, -0.2) is 0 Å². The van der Waals surface area contributed by atoms with Gasteiger partial charge in [-0.15, -0.1) is 0 Å². The van der Waals surface area contributed by atoms with Crippen molar-refractivity contribution in [1.29, 1.82) is 0 Å². The van der Waals surface area contributed by atoms with Crippen LogP contribution in [0, 0.1) is 21.0 Å². The first-order valence-electron chi connectivity index (χ1n) is 12.5. The van der Waals surface area contributed by atoms with Gasteiger partial charge in [-0.2, -0.15) is 0 Å². The van der Waals surface area contributed by atoms with Gasteiger partial charge >= 0.3 is 0 Å². The summed E-state index contributed by atoms with van der Waals surface area (Å²) in [7, 11) is 0. The van der Waals surface area contributed by atoms with Gasteiger partial charge in [0, 0.05) is 34.6 Å². The van der Waals surface area contributed by atoms with Gasteiger partial charge in [0.05, 0.1) is 0 Å². The van der Waals surface area contributed by atoms with Gasteiger partial charge < -0.3 is 9.52 Å². The van der Waals surface area contributed by atoms with E-state index in [-0.39, 0.29) is 0 Å². The smallest absolute Gasteiger partial charge is 0.135 e. The largest absolute Gasteiger partial charge is 0.507 e. The maximum Gasteiger partial charge on any atom is 0.135 e. The SMILES string of the molecule is Cc1c(O)c(-c2c3ccccc3c(-c3ccc4oc5ccccc5c4c3)c3ccccc23)c(I)c(C)c1I. The zero-order valence-corrected chi connectivity index (χ0v) is 25.1. The van der Waals surface area contributed by atoms with Crippen LogP contribution in [0.1, 0.15) is 11.1 Å². The van der Waals surface area contributed by atoms with Crippen molar-refractivity contribution in [3.63, 3.8) is 0 Å². The average Bonchev–Trinajstić information content (AvgIpc) is 3.33. The van der Waals surface area contributed by atoms with Gasteiger partial charge in [0.2, 0.25) is 0 Å². The van der Waals surface area contributed by atoms with Gasteiger partial charge in [0.1, 0.15) is 16.9 Å². The number of para-hydroxylation sites is 1. The molecule has 0 spiro atoms. The Morgan fingerprint density at radius 3 is 1.68 bits per heavy atom. The van der Waals surface area contributed by atoms with Crippen molar-refractivity contribution in [2.75, 3.05) is 0 Å². The number of halogens is 2. The minimum Gasteiger partial charge on any atom is -0.507 e. The molecule has 1 heterocycles. The molecular formula is C34H22I2O2. The van der Waals surface area contributed by atoms with Crippen LogP contribution in [0.2, 0.25) is 0 Å². The number of phenolic OH excluding ortho intramolecular Hbond substituents is 1. The molecule has 1 aromatic heterocycles. The van der Waals surface area contributed by atoms with E-state index in [2.05, 4.69) is 131 Å². The summed E-state index contributed by atoms with van der Waals surface area (Å²) >= 11 is 4.75. The Bertz CT molecular complexity index is 2000. The number of phenols is 1. The van der Waals surface area contributed by atoms with E-state index in [1.165, 1.54) is 11.1 Å². The zero-order valence-electron chi connectivity index (χ0n) is 20.8. The second-order valence-corrected chi connectivity index (χ2v) is 11.9. The van der Waals surface area contributed by atoms with Gasteiger partial charge in [-0.05, 0) is 115 Å². The van der Waals surface area contributed by atoms with Crippen molar-refractivity contribution in [3.05, 3.63) is 109 Å². The molecule has 7 rings (SSSR count). The molecule has 0 aliphatic carbocycles. The van der Waals surface area contributed by atoms with Crippen LogP contribution < -0.4 is 0 Å². The van der Waals surface area contributed by atoms with Gasteiger partial charge in [0.25, 0.3) is 0 Å². The van der Waals surface area contributed by atoms with Crippen LogP contribution in [-0.4, -0.2) is 5.11 Å². The minimum atomic E-state index is 0.360. The number of hydrogen-bond donors (Lipinski definition) is 1.